The average molecular weight is 447 g/mol. The molecule has 9 nitrogen and oxygen atoms in total. The molecular weight excluding hydrogens is 416 g/mol. The van der Waals surface area contributed by atoms with Gasteiger partial charge in [-0.05, 0) is 31.0 Å². The van der Waals surface area contributed by atoms with Crippen LogP contribution in [0.5, 0.6) is 0 Å². The molecule has 4 heterocycles. The Bertz CT molecular complexity index is 1250. The summed E-state index contributed by atoms with van der Waals surface area (Å²) in [4.78, 5) is 16.5. The fourth-order valence-electron chi connectivity index (χ4n) is 4.24. The van der Waals surface area contributed by atoms with Crippen LogP contribution in [-0.4, -0.2) is 62.6 Å². The number of benzene rings is 1. The van der Waals surface area contributed by atoms with E-state index in [1.54, 1.807) is 0 Å². The van der Waals surface area contributed by atoms with Crippen molar-refractivity contribution in [3.63, 3.8) is 0 Å². The first-order valence-corrected chi connectivity index (χ1v) is 11.6. The summed E-state index contributed by atoms with van der Waals surface area (Å²) >= 11 is 0. The Hall–Kier alpha value is -3.30. The van der Waals surface area contributed by atoms with Crippen molar-refractivity contribution < 1.29 is 5.11 Å². The third-order valence-electron chi connectivity index (χ3n) is 6.35. The molecule has 9 heteroatoms. The normalized spacial score (nSPS) is 16.3. The Morgan fingerprint density at radius 2 is 1.94 bits per heavy atom. The SMILES string of the molecule is CC[C@H](C)n1ncc2nc(N3CCNCC3)nc(NC(CO)c3cnc4ccccc4c3)c21. The van der Waals surface area contributed by atoms with Crippen LogP contribution in [0.25, 0.3) is 21.9 Å². The van der Waals surface area contributed by atoms with E-state index in [-0.39, 0.29) is 18.7 Å². The molecule has 1 unspecified atom stereocenters. The van der Waals surface area contributed by atoms with Crippen molar-refractivity contribution in [3.8, 4) is 0 Å². The first kappa shape index (κ1) is 21.5. The summed E-state index contributed by atoms with van der Waals surface area (Å²) in [5, 5.41) is 22.8. The molecule has 1 aliphatic rings. The first-order chi connectivity index (χ1) is 16.2. The lowest BCUT2D eigenvalue weighted by Crippen LogP contribution is -2.44. The zero-order chi connectivity index (χ0) is 22.8. The van der Waals surface area contributed by atoms with E-state index in [4.69, 9.17) is 9.97 Å². The van der Waals surface area contributed by atoms with Gasteiger partial charge in [-0.25, -0.2) is 4.98 Å². The number of aliphatic hydroxyl groups excluding tert-OH is 1. The molecule has 1 aliphatic heterocycles. The van der Waals surface area contributed by atoms with Crippen molar-refractivity contribution in [2.24, 2.45) is 0 Å². The maximum atomic E-state index is 10.3. The molecule has 1 aromatic carbocycles. The maximum absolute atomic E-state index is 10.3. The molecule has 0 radical (unpaired) electrons. The fraction of sp³-hybridized carbons (Fsp3) is 0.417. The molecule has 3 N–H and O–H groups in total. The van der Waals surface area contributed by atoms with E-state index in [2.05, 4.69) is 45.5 Å². The molecule has 0 aliphatic carbocycles. The zero-order valence-corrected chi connectivity index (χ0v) is 19.1. The van der Waals surface area contributed by atoms with Crippen LogP contribution in [0.2, 0.25) is 0 Å². The molecule has 172 valence electrons. The molecule has 1 fully saturated rings. The number of hydrogen-bond donors (Lipinski definition) is 3. The number of piperazine rings is 1. The van der Waals surface area contributed by atoms with Gasteiger partial charge in [-0.15, -0.1) is 0 Å². The monoisotopic (exact) mass is 446 g/mol. The average Bonchev–Trinajstić information content (AvgIpc) is 3.31. The van der Waals surface area contributed by atoms with E-state index in [9.17, 15) is 5.11 Å². The van der Waals surface area contributed by atoms with Gasteiger partial charge in [-0.3, -0.25) is 9.67 Å². The minimum absolute atomic E-state index is 0.0913. The van der Waals surface area contributed by atoms with Gasteiger partial charge in [-0.1, -0.05) is 25.1 Å². The van der Waals surface area contributed by atoms with Crippen LogP contribution in [0.15, 0.2) is 42.7 Å². The number of para-hydroxylation sites is 1. The van der Waals surface area contributed by atoms with E-state index in [1.807, 2.05) is 41.3 Å². The second-order valence-electron chi connectivity index (χ2n) is 8.53. The molecule has 0 bridgehead atoms. The predicted octanol–water partition coefficient (Wildman–Crippen LogP) is 2.90. The summed E-state index contributed by atoms with van der Waals surface area (Å²) in [5.74, 6) is 1.36. The lowest BCUT2D eigenvalue weighted by atomic mass is 10.1. The zero-order valence-electron chi connectivity index (χ0n) is 19.1. The standard InChI is InChI=1S/C24H30N8O/c1-3-16(2)32-22-20(14-27-32)29-24(31-10-8-25-9-11-31)30-23(22)28-21(15-33)18-12-17-6-4-5-7-19(17)26-13-18/h4-7,12-14,16,21,25,33H,3,8-11,15H2,1-2H3,(H,28,29,30)/t16-,21?/m0/s1. The Labute approximate surface area is 192 Å². The van der Waals surface area contributed by atoms with Gasteiger partial charge in [0.15, 0.2) is 5.82 Å². The molecule has 0 spiro atoms. The van der Waals surface area contributed by atoms with Crippen LogP contribution in [-0.2, 0) is 0 Å². The van der Waals surface area contributed by atoms with Gasteiger partial charge in [0.05, 0.1) is 24.4 Å². The number of anilines is 2. The van der Waals surface area contributed by atoms with Crippen molar-refractivity contribution in [3.05, 3.63) is 48.3 Å². The molecule has 3 aromatic heterocycles. The first-order valence-electron chi connectivity index (χ1n) is 11.6. The topological polar surface area (TPSA) is 104 Å². The van der Waals surface area contributed by atoms with Crippen LogP contribution < -0.4 is 15.5 Å². The maximum Gasteiger partial charge on any atom is 0.228 e. The minimum Gasteiger partial charge on any atom is -0.394 e. The minimum atomic E-state index is -0.364. The van der Waals surface area contributed by atoms with Gasteiger partial charge in [0.2, 0.25) is 5.95 Å². The second-order valence-corrected chi connectivity index (χ2v) is 8.53. The molecule has 4 aromatic rings. The van der Waals surface area contributed by atoms with Crippen LogP contribution >= 0.6 is 0 Å². The number of hydrogen-bond acceptors (Lipinski definition) is 8. The number of fused-ring (bicyclic) bond motifs is 2. The summed E-state index contributed by atoms with van der Waals surface area (Å²) in [5.41, 5.74) is 3.49. The lowest BCUT2D eigenvalue weighted by Gasteiger charge is -2.28. The van der Waals surface area contributed by atoms with E-state index in [1.165, 1.54) is 0 Å². The molecule has 0 saturated carbocycles. The van der Waals surface area contributed by atoms with Gasteiger partial charge in [-0.2, -0.15) is 10.1 Å². The van der Waals surface area contributed by atoms with E-state index < -0.39 is 0 Å². The van der Waals surface area contributed by atoms with E-state index >= 15 is 0 Å². The van der Waals surface area contributed by atoms with Gasteiger partial charge >= 0.3 is 0 Å². The van der Waals surface area contributed by atoms with Gasteiger partial charge < -0.3 is 20.6 Å². The molecular formula is C24H30N8O. The highest BCUT2D eigenvalue weighted by Gasteiger charge is 2.22. The van der Waals surface area contributed by atoms with Crippen molar-refractivity contribution in [2.75, 3.05) is 43.0 Å². The van der Waals surface area contributed by atoms with Crippen LogP contribution in [0.4, 0.5) is 11.8 Å². The molecule has 0 amide bonds. The molecule has 2 atom stereocenters. The summed E-state index contributed by atoms with van der Waals surface area (Å²) < 4.78 is 1.98. The lowest BCUT2D eigenvalue weighted by molar-refractivity contribution is 0.276. The number of nitrogens with one attached hydrogen (secondary N) is 2. The Morgan fingerprint density at radius 1 is 1.12 bits per heavy atom. The highest BCUT2D eigenvalue weighted by Crippen LogP contribution is 2.30. The third-order valence-corrected chi connectivity index (χ3v) is 6.35. The Morgan fingerprint density at radius 3 is 2.73 bits per heavy atom. The quantitative estimate of drug-likeness (QED) is 0.398. The summed E-state index contributed by atoms with van der Waals surface area (Å²) in [6, 6.07) is 9.89. The van der Waals surface area contributed by atoms with Crippen molar-refractivity contribution in [2.45, 2.75) is 32.4 Å². The van der Waals surface area contributed by atoms with Gasteiger partial charge in [0.1, 0.15) is 11.0 Å². The van der Waals surface area contributed by atoms with Gasteiger partial charge in [0, 0.05) is 43.8 Å². The van der Waals surface area contributed by atoms with Crippen LogP contribution in [0.3, 0.4) is 0 Å². The number of aliphatic hydroxyl groups is 1. The predicted molar refractivity (Wildman–Crippen MR) is 131 cm³/mol. The Kier molecular flexibility index (Phi) is 6.06. The molecule has 1 saturated heterocycles. The highest BCUT2D eigenvalue weighted by atomic mass is 16.3. The van der Waals surface area contributed by atoms with E-state index in [0.717, 1.165) is 60.1 Å². The van der Waals surface area contributed by atoms with Gasteiger partial charge in [0.25, 0.3) is 0 Å². The molecule has 5 rings (SSSR count). The summed E-state index contributed by atoms with van der Waals surface area (Å²) in [6.45, 7) is 7.68. The molecule has 33 heavy (non-hydrogen) atoms. The van der Waals surface area contributed by atoms with Crippen molar-refractivity contribution >= 4 is 33.7 Å². The second kappa shape index (κ2) is 9.29. The largest absolute Gasteiger partial charge is 0.394 e. The fourth-order valence-corrected chi connectivity index (χ4v) is 4.24. The van der Waals surface area contributed by atoms with Crippen molar-refractivity contribution in [1.82, 2.24) is 30.0 Å². The number of nitrogens with zero attached hydrogens (tertiary/aromatic N) is 6. The smallest absolute Gasteiger partial charge is 0.228 e. The number of pyridine rings is 1. The summed E-state index contributed by atoms with van der Waals surface area (Å²) in [7, 11) is 0. The summed E-state index contributed by atoms with van der Waals surface area (Å²) in [6.07, 6.45) is 4.57. The van der Waals surface area contributed by atoms with Crippen molar-refractivity contribution in [1.29, 1.82) is 0 Å². The van der Waals surface area contributed by atoms with E-state index in [0.29, 0.717) is 11.8 Å². The van der Waals surface area contributed by atoms with Crippen LogP contribution in [0.1, 0.15) is 37.9 Å². The number of rotatable bonds is 7. The highest BCUT2D eigenvalue weighted by molar-refractivity contribution is 5.87. The third kappa shape index (κ3) is 4.21. The Balaban J connectivity index is 1.57. The number of aromatic nitrogens is 5. The van der Waals surface area contributed by atoms with Crippen LogP contribution in [0, 0.1) is 0 Å².